The topological polar surface area (TPSA) is 84.1 Å². The highest BCUT2D eigenvalue weighted by Crippen LogP contribution is 2.15. The number of aromatic nitrogens is 2. The minimum Gasteiger partial charge on any atom is -0.444 e. The molecule has 2 N–H and O–H groups in total. The third-order valence-electron chi connectivity index (χ3n) is 3.58. The van der Waals surface area contributed by atoms with Gasteiger partial charge in [-0.1, -0.05) is 30.3 Å². The van der Waals surface area contributed by atoms with Crippen LogP contribution < -0.4 is 5.32 Å². The van der Waals surface area contributed by atoms with Gasteiger partial charge in [-0.25, -0.2) is 9.78 Å². The predicted molar refractivity (Wildman–Crippen MR) is 106 cm³/mol. The molecule has 0 spiro atoms. The third kappa shape index (κ3) is 5.04. The lowest BCUT2D eigenvalue weighted by Gasteiger charge is -2.19. The highest BCUT2D eigenvalue weighted by Gasteiger charge is 2.16. The van der Waals surface area contributed by atoms with E-state index < -0.39 is 11.7 Å². The molecule has 0 saturated carbocycles. The number of fused-ring (bicyclic) bond motifs is 1. The van der Waals surface area contributed by atoms with Gasteiger partial charge >= 0.3 is 6.09 Å². The fourth-order valence-corrected chi connectivity index (χ4v) is 2.46. The fraction of sp³-hybridized carbons (Fsp3) is 0.190. The van der Waals surface area contributed by atoms with Gasteiger partial charge in [-0.05, 0) is 56.7 Å². The average Bonchev–Trinajstić information content (AvgIpc) is 3.02. The monoisotopic (exact) mass is 363 g/mol. The Morgan fingerprint density at radius 1 is 1.11 bits per heavy atom. The Bertz CT molecular complexity index is 980. The summed E-state index contributed by atoms with van der Waals surface area (Å²) in [5.74, 6) is 0.0622. The Kier molecular flexibility index (Phi) is 5.07. The van der Waals surface area contributed by atoms with Gasteiger partial charge in [0, 0.05) is 5.69 Å². The van der Waals surface area contributed by atoms with Gasteiger partial charge in [0.05, 0.1) is 11.0 Å². The molecule has 6 nitrogen and oxygen atoms in total. The first-order chi connectivity index (χ1) is 12.8. The van der Waals surface area contributed by atoms with Gasteiger partial charge in [0.2, 0.25) is 5.78 Å². The second-order valence-electron chi connectivity index (χ2n) is 7.05. The number of para-hydroxylation sites is 2. The number of rotatable bonds is 4. The van der Waals surface area contributed by atoms with Crippen molar-refractivity contribution >= 4 is 34.7 Å². The van der Waals surface area contributed by atoms with E-state index in [0.717, 1.165) is 16.6 Å². The van der Waals surface area contributed by atoms with Crippen molar-refractivity contribution < 1.29 is 14.3 Å². The molecule has 0 atom stereocenters. The molecular formula is C21H21N3O3. The molecule has 0 fully saturated rings. The van der Waals surface area contributed by atoms with Crippen LogP contribution in [0.3, 0.4) is 0 Å². The van der Waals surface area contributed by atoms with Crippen molar-refractivity contribution in [2.75, 3.05) is 5.32 Å². The van der Waals surface area contributed by atoms with Crippen LogP contribution in [0.2, 0.25) is 0 Å². The Morgan fingerprint density at radius 3 is 2.63 bits per heavy atom. The lowest BCUT2D eigenvalue weighted by Crippen LogP contribution is -2.27. The van der Waals surface area contributed by atoms with Crippen LogP contribution in [-0.2, 0) is 4.74 Å². The van der Waals surface area contributed by atoms with E-state index in [2.05, 4.69) is 15.3 Å². The molecule has 0 aliphatic rings. The van der Waals surface area contributed by atoms with Gasteiger partial charge in [0.1, 0.15) is 5.60 Å². The van der Waals surface area contributed by atoms with Crippen molar-refractivity contribution in [3.05, 3.63) is 66.0 Å². The number of imidazole rings is 1. The van der Waals surface area contributed by atoms with Gasteiger partial charge in [-0.2, -0.15) is 0 Å². The van der Waals surface area contributed by atoms with E-state index >= 15 is 0 Å². The number of carbonyl (C=O) groups excluding carboxylic acids is 2. The molecule has 1 heterocycles. The van der Waals surface area contributed by atoms with E-state index in [1.165, 1.54) is 6.08 Å². The van der Waals surface area contributed by atoms with Crippen LogP contribution in [-0.4, -0.2) is 27.4 Å². The summed E-state index contributed by atoms with van der Waals surface area (Å²) in [5.41, 5.74) is 2.35. The summed E-state index contributed by atoms with van der Waals surface area (Å²) in [6.07, 6.45) is 2.60. The van der Waals surface area contributed by atoms with Crippen LogP contribution in [0.4, 0.5) is 10.5 Å². The van der Waals surface area contributed by atoms with Crippen molar-refractivity contribution in [3.8, 4) is 0 Å². The zero-order valence-corrected chi connectivity index (χ0v) is 15.4. The molecule has 138 valence electrons. The van der Waals surface area contributed by atoms with E-state index in [9.17, 15) is 9.59 Å². The molecule has 0 bridgehead atoms. The van der Waals surface area contributed by atoms with Crippen LogP contribution in [0.1, 0.15) is 37.0 Å². The first-order valence-electron chi connectivity index (χ1n) is 8.57. The fourth-order valence-electron chi connectivity index (χ4n) is 2.46. The van der Waals surface area contributed by atoms with Crippen molar-refractivity contribution in [1.82, 2.24) is 9.97 Å². The molecule has 2 aromatic carbocycles. The maximum absolute atomic E-state index is 12.3. The Labute approximate surface area is 157 Å². The number of hydrogen-bond acceptors (Lipinski definition) is 4. The highest BCUT2D eigenvalue weighted by atomic mass is 16.6. The average molecular weight is 363 g/mol. The molecule has 3 rings (SSSR count). The minimum absolute atomic E-state index is 0.225. The number of nitrogens with one attached hydrogen (secondary N) is 2. The maximum atomic E-state index is 12.3. The zero-order valence-electron chi connectivity index (χ0n) is 15.4. The van der Waals surface area contributed by atoms with Crippen LogP contribution in [0.5, 0.6) is 0 Å². The van der Waals surface area contributed by atoms with Gasteiger partial charge in [0.25, 0.3) is 0 Å². The number of hydrogen-bond donors (Lipinski definition) is 2. The number of ether oxygens (including phenoxy) is 1. The Morgan fingerprint density at radius 2 is 1.89 bits per heavy atom. The lowest BCUT2D eigenvalue weighted by molar-refractivity contribution is 0.0635. The summed E-state index contributed by atoms with van der Waals surface area (Å²) < 4.78 is 5.23. The van der Waals surface area contributed by atoms with Gasteiger partial charge in [-0.3, -0.25) is 10.1 Å². The van der Waals surface area contributed by atoms with Crippen molar-refractivity contribution in [2.24, 2.45) is 0 Å². The molecule has 0 radical (unpaired) electrons. The predicted octanol–water partition coefficient (Wildman–Crippen LogP) is 4.81. The largest absolute Gasteiger partial charge is 0.444 e. The summed E-state index contributed by atoms with van der Waals surface area (Å²) in [7, 11) is 0. The Balaban J connectivity index is 1.69. The van der Waals surface area contributed by atoms with Crippen molar-refractivity contribution in [3.63, 3.8) is 0 Å². The number of nitrogens with zero attached hydrogens (tertiary/aromatic N) is 1. The maximum Gasteiger partial charge on any atom is 0.412 e. The SMILES string of the molecule is CC(C)(C)OC(=O)Nc1cccc(/C=C/C(=O)c2nc3ccccc3[nH]2)c1. The van der Waals surface area contributed by atoms with E-state index in [0.29, 0.717) is 5.69 Å². The van der Waals surface area contributed by atoms with Gasteiger partial charge < -0.3 is 9.72 Å². The summed E-state index contributed by atoms with van der Waals surface area (Å²) >= 11 is 0. The van der Waals surface area contributed by atoms with E-state index in [-0.39, 0.29) is 11.6 Å². The second-order valence-corrected chi connectivity index (χ2v) is 7.05. The molecule has 1 amide bonds. The lowest BCUT2D eigenvalue weighted by atomic mass is 10.1. The summed E-state index contributed by atoms with van der Waals surface area (Å²) in [6, 6.07) is 14.6. The molecule has 0 unspecified atom stereocenters. The number of amides is 1. The number of anilines is 1. The third-order valence-corrected chi connectivity index (χ3v) is 3.58. The molecule has 27 heavy (non-hydrogen) atoms. The quantitative estimate of drug-likeness (QED) is 0.515. The van der Waals surface area contributed by atoms with Gasteiger partial charge in [0.15, 0.2) is 5.82 Å². The van der Waals surface area contributed by atoms with Crippen LogP contribution >= 0.6 is 0 Å². The van der Waals surface area contributed by atoms with E-state index in [4.69, 9.17) is 4.74 Å². The Hall–Kier alpha value is -3.41. The van der Waals surface area contributed by atoms with Crippen molar-refractivity contribution in [2.45, 2.75) is 26.4 Å². The zero-order chi connectivity index (χ0) is 19.4. The number of ketones is 1. The summed E-state index contributed by atoms with van der Waals surface area (Å²) in [5, 5.41) is 2.68. The van der Waals surface area contributed by atoms with Crippen LogP contribution in [0, 0.1) is 0 Å². The van der Waals surface area contributed by atoms with Crippen molar-refractivity contribution in [1.29, 1.82) is 0 Å². The molecule has 0 aliphatic heterocycles. The first kappa shape index (κ1) is 18.4. The standard InChI is InChI=1S/C21H21N3O3/c1-21(2,3)27-20(26)22-15-8-6-7-14(13-15)11-12-18(25)19-23-16-9-4-5-10-17(16)24-19/h4-13H,1-3H3,(H,22,26)(H,23,24)/b12-11+. The highest BCUT2D eigenvalue weighted by molar-refractivity contribution is 6.05. The number of allylic oxidation sites excluding steroid dienone is 1. The van der Waals surface area contributed by atoms with Gasteiger partial charge in [-0.15, -0.1) is 0 Å². The first-order valence-corrected chi connectivity index (χ1v) is 8.57. The molecule has 1 aromatic heterocycles. The van der Waals surface area contributed by atoms with Crippen LogP contribution in [0.15, 0.2) is 54.6 Å². The van der Waals surface area contributed by atoms with E-state index in [1.807, 2.05) is 30.3 Å². The summed E-state index contributed by atoms with van der Waals surface area (Å²) in [4.78, 5) is 31.5. The minimum atomic E-state index is -0.569. The molecule has 6 heteroatoms. The molecular weight excluding hydrogens is 342 g/mol. The molecule has 0 aliphatic carbocycles. The number of carbonyl (C=O) groups is 2. The normalized spacial score (nSPS) is 11.7. The number of H-pyrrole nitrogens is 1. The summed E-state index contributed by atoms with van der Waals surface area (Å²) in [6.45, 7) is 5.40. The molecule has 3 aromatic rings. The number of benzene rings is 2. The second kappa shape index (κ2) is 7.45. The number of aromatic amines is 1. The molecule has 0 saturated heterocycles. The smallest absolute Gasteiger partial charge is 0.412 e. The van der Waals surface area contributed by atoms with Crippen LogP contribution in [0.25, 0.3) is 17.1 Å². The van der Waals surface area contributed by atoms with E-state index in [1.54, 1.807) is 45.0 Å².